The Kier molecular flexibility index (Phi) is 3.00. The van der Waals surface area contributed by atoms with Crippen molar-refractivity contribution in [3.63, 3.8) is 0 Å². The van der Waals surface area contributed by atoms with Crippen molar-refractivity contribution in [3.05, 3.63) is 28.0 Å². The second-order valence-electron chi connectivity index (χ2n) is 3.44. The van der Waals surface area contributed by atoms with Crippen LogP contribution in [0.2, 0.25) is 0 Å². The van der Waals surface area contributed by atoms with Crippen molar-refractivity contribution >= 4 is 22.0 Å². The Morgan fingerprint density at radius 3 is 3.06 bits per heavy atom. The Bertz CT molecular complexity index is 438. The van der Waals surface area contributed by atoms with Gasteiger partial charge in [0.1, 0.15) is 24.3 Å². The molecule has 1 aromatic rings. The molecule has 1 aliphatic rings. The normalized spacial score (nSPS) is 18.5. The third-order valence-corrected chi connectivity index (χ3v) is 2.72. The monoisotopic (exact) mass is 289 g/mol. The van der Waals surface area contributed by atoms with Gasteiger partial charge in [0.15, 0.2) is 0 Å². The van der Waals surface area contributed by atoms with E-state index in [9.17, 15) is 9.18 Å². The number of carbonyl (C=O) groups excluding carboxylic acids is 1. The van der Waals surface area contributed by atoms with E-state index in [1.165, 1.54) is 6.07 Å². The van der Waals surface area contributed by atoms with E-state index < -0.39 is 12.2 Å². The molecule has 0 radical (unpaired) electrons. The second kappa shape index (κ2) is 4.29. The van der Waals surface area contributed by atoms with Crippen molar-refractivity contribution in [3.8, 4) is 5.75 Å². The molecule has 0 bridgehead atoms. The minimum Gasteiger partial charge on any atom is -0.489 e. The summed E-state index contributed by atoms with van der Waals surface area (Å²) in [6, 6.07) is 3.02. The number of fused-ring (bicyclic) bond motifs is 1. The Labute approximate surface area is 99.6 Å². The van der Waals surface area contributed by atoms with Crippen molar-refractivity contribution < 1.29 is 18.7 Å². The van der Waals surface area contributed by atoms with Crippen molar-refractivity contribution in [1.82, 2.24) is 0 Å². The number of nitrogens with two attached hydrogens (primary N) is 1. The summed E-state index contributed by atoms with van der Waals surface area (Å²) < 4.78 is 24.2. The molecule has 0 spiro atoms. The van der Waals surface area contributed by atoms with Crippen LogP contribution in [0.25, 0.3) is 0 Å². The van der Waals surface area contributed by atoms with Crippen molar-refractivity contribution in [1.29, 1.82) is 0 Å². The number of halogens is 2. The van der Waals surface area contributed by atoms with Gasteiger partial charge in [0.05, 0.1) is 0 Å². The van der Waals surface area contributed by atoms with Crippen molar-refractivity contribution in [2.75, 3.05) is 6.61 Å². The molecule has 0 unspecified atom stereocenters. The summed E-state index contributed by atoms with van der Waals surface area (Å²) in [6.07, 6.45) is -1.13. The molecule has 4 nitrogen and oxygen atoms in total. The van der Waals surface area contributed by atoms with Crippen LogP contribution in [0, 0.1) is 5.82 Å². The fourth-order valence-electron chi connectivity index (χ4n) is 1.62. The van der Waals surface area contributed by atoms with Crippen LogP contribution in [0.4, 0.5) is 9.18 Å². The van der Waals surface area contributed by atoms with E-state index in [-0.39, 0.29) is 18.8 Å². The first-order valence-corrected chi connectivity index (χ1v) is 5.42. The van der Waals surface area contributed by atoms with E-state index in [0.717, 1.165) is 0 Å². The quantitative estimate of drug-likeness (QED) is 0.860. The van der Waals surface area contributed by atoms with Crippen LogP contribution in [0.1, 0.15) is 5.56 Å². The number of hydrogen-bond acceptors (Lipinski definition) is 3. The molecule has 0 fully saturated rings. The van der Waals surface area contributed by atoms with Gasteiger partial charge in [-0.2, -0.15) is 0 Å². The molecule has 0 aromatic heterocycles. The molecule has 0 saturated heterocycles. The number of carbonyl (C=O) groups is 1. The first kappa shape index (κ1) is 11.2. The van der Waals surface area contributed by atoms with Gasteiger partial charge in [-0.1, -0.05) is 15.9 Å². The topological polar surface area (TPSA) is 61.6 Å². The maximum atomic E-state index is 13.6. The first-order chi connectivity index (χ1) is 7.56. The highest BCUT2D eigenvalue weighted by molar-refractivity contribution is 9.10. The number of ether oxygens (including phenoxy) is 2. The summed E-state index contributed by atoms with van der Waals surface area (Å²) in [5.41, 5.74) is 5.29. The summed E-state index contributed by atoms with van der Waals surface area (Å²) in [6.45, 7) is 0.186. The summed E-state index contributed by atoms with van der Waals surface area (Å²) in [7, 11) is 0. The highest BCUT2D eigenvalue weighted by atomic mass is 79.9. The number of benzene rings is 1. The van der Waals surface area contributed by atoms with E-state index in [0.29, 0.717) is 15.8 Å². The molecule has 6 heteroatoms. The summed E-state index contributed by atoms with van der Waals surface area (Å²) in [5.74, 6) is 0.0818. The Morgan fingerprint density at radius 2 is 2.38 bits per heavy atom. The van der Waals surface area contributed by atoms with Gasteiger partial charge < -0.3 is 15.2 Å². The van der Waals surface area contributed by atoms with Gasteiger partial charge in [-0.25, -0.2) is 9.18 Å². The van der Waals surface area contributed by atoms with Gasteiger partial charge in [0.25, 0.3) is 0 Å². The van der Waals surface area contributed by atoms with Crippen LogP contribution < -0.4 is 10.5 Å². The minimum atomic E-state index is -0.880. The zero-order valence-electron chi connectivity index (χ0n) is 8.20. The third-order valence-electron chi connectivity index (χ3n) is 2.26. The van der Waals surface area contributed by atoms with Crippen LogP contribution in [-0.4, -0.2) is 18.8 Å². The Balaban J connectivity index is 2.23. The molecule has 1 aromatic carbocycles. The lowest BCUT2D eigenvalue weighted by Crippen LogP contribution is -2.33. The van der Waals surface area contributed by atoms with Gasteiger partial charge in [-0.3, -0.25) is 0 Å². The molecule has 1 atom stereocenters. The summed E-state index contributed by atoms with van der Waals surface area (Å²) >= 11 is 3.17. The summed E-state index contributed by atoms with van der Waals surface area (Å²) in [5, 5.41) is 0. The Morgan fingerprint density at radius 1 is 1.62 bits per heavy atom. The average Bonchev–Trinajstić information content (AvgIpc) is 2.18. The van der Waals surface area contributed by atoms with Gasteiger partial charge in [0.2, 0.25) is 0 Å². The SMILES string of the molecule is NC(=O)O[C@H]1COc2cc(Br)cc(F)c2C1. The molecule has 2 rings (SSSR count). The molecule has 0 aliphatic carbocycles. The lowest BCUT2D eigenvalue weighted by Gasteiger charge is -2.25. The zero-order chi connectivity index (χ0) is 11.7. The van der Waals surface area contributed by atoms with Crippen LogP contribution in [0.5, 0.6) is 5.75 Å². The van der Waals surface area contributed by atoms with Gasteiger partial charge in [-0.15, -0.1) is 0 Å². The maximum absolute atomic E-state index is 13.6. The van der Waals surface area contributed by atoms with Gasteiger partial charge >= 0.3 is 6.09 Å². The van der Waals surface area contributed by atoms with Crippen LogP contribution in [0.3, 0.4) is 0 Å². The molecule has 1 amide bonds. The molecular formula is C10H9BrFNO3. The smallest absolute Gasteiger partial charge is 0.404 e. The number of rotatable bonds is 1. The third kappa shape index (κ3) is 2.27. The second-order valence-corrected chi connectivity index (χ2v) is 4.35. The predicted octanol–water partition coefficient (Wildman–Crippen LogP) is 1.99. The maximum Gasteiger partial charge on any atom is 0.404 e. The van der Waals surface area contributed by atoms with Crippen LogP contribution >= 0.6 is 15.9 Å². The molecule has 2 N–H and O–H groups in total. The van der Waals surface area contributed by atoms with Crippen LogP contribution in [0.15, 0.2) is 16.6 Å². The molecule has 16 heavy (non-hydrogen) atoms. The van der Waals surface area contributed by atoms with Crippen molar-refractivity contribution in [2.24, 2.45) is 5.73 Å². The lowest BCUT2D eigenvalue weighted by atomic mass is 10.0. The highest BCUT2D eigenvalue weighted by Gasteiger charge is 2.25. The zero-order valence-corrected chi connectivity index (χ0v) is 9.79. The molecular weight excluding hydrogens is 281 g/mol. The highest BCUT2D eigenvalue weighted by Crippen LogP contribution is 2.31. The molecule has 0 saturated carbocycles. The van der Waals surface area contributed by atoms with E-state index in [1.54, 1.807) is 6.07 Å². The fourth-order valence-corrected chi connectivity index (χ4v) is 2.02. The summed E-state index contributed by atoms with van der Waals surface area (Å²) in [4.78, 5) is 10.6. The van der Waals surface area contributed by atoms with Gasteiger partial charge in [0, 0.05) is 16.5 Å². The number of amides is 1. The first-order valence-electron chi connectivity index (χ1n) is 4.63. The van der Waals surface area contributed by atoms with Crippen molar-refractivity contribution in [2.45, 2.75) is 12.5 Å². The fraction of sp³-hybridized carbons (Fsp3) is 0.300. The number of primary amides is 1. The molecule has 86 valence electrons. The van der Waals surface area contributed by atoms with Gasteiger partial charge in [-0.05, 0) is 12.1 Å². The van der Waals surface area contributed by atoms with E-state index in [2.05, 4.69) is 15.9 Å². The standard InChI is InChI=1S/C10H9BrFNO3/c11-5-1-8(12)7-3-6(16-10(13)14)4-15-9(7)2-5/h1-2,6H,3-4H2,(H2,13,14)/t6-/m1/s1. The molecule has 1 heterocycles. The lowest BCUT2D eigenvalue weighted by molar-refractivity contribution is 0.0605. The van der Waals surface area contributed by atoms with E-state index in [1.807, 2.05) is 0 Å². The molecule has 1 aliphatic heterocycles. The minimum absolute atomic E-state index is 0.186. The van der Waals surface area contributed by atoms with E-state index in [4.69, 9.17) is 15.2 Å². The van der Waals surface area contributed by atoms with Crippen LogP contribution in [-0.2, 0) is 11.2 Å². The Hall–Kier alpha value is -1.30. The van der Waals surface area contributed by atoms with E-state index >= 15 is 0 Å². The number of hydrogen-bond donors (Lipinski definition) is 1. The largest absolute Gasteiger partial charge is 0.489 e. The average molecular weight is 290 g/mol. The predicted molar refractivity (Wildman–Crippen MR) is 57.8 cm³/mol.